The van der Waals surface area contributed by atoms with Crippen LogP contribution in [0.15, 0.2) is 52.1 Å². The van der Waals surface area contributed by atoms with Crippen LogP contribution >= 0.6 is 11.6 Å². The standard InChI is InChI=1S/C38H38ClF2N9O4/c1-19-21(7-6-10-24(19)43-31-28-33(46-32(45-31)30(40)41)48(2)37(53)49(3)35(28)51)22-8-5-9-23(29(22)39)25-17-20-11-12-26(27(20)34(44-25)54-4)50-16-14-38(18-50)13-15-42-36(52)47-38/h5-10,17,26,30H,11-16,18H2,1-4H3,(H2,42,47,52)(H,43,45,46). The van der Waals surface area contributed by atoms with Gasteiger partial charge in [0.1, 0.15) is 11.2 Å². The van der Waals surface area contributed by atoms with Gasteiger partial charge in [0.15, 0.2) is 11.5 Å². The maximum Gasteiger partial charge on any atom is 0.332 e. The molecule has 3 aliphatic rings. The molecule has 1 aliphatic carbocycles. The van der Waals surface area contributed by atoms with Crippen molar-refractivity contribution < 1.29 is 18.3 Å². The Balaban J connectivity index is 1.14. The molecule has 2 aromatic carbocycles. The zero-order valence-corrected chi connectivity index (χ0v) is 30.9. The van der Waals surface area contributed by atoms with Crippen LogP contribution in [0.2, 0.25) is 5.02 Å². The molecule has 8 rings (SSSR count). The lowest BCUT2D eigenvalue weighted by Crippen LogP contribution is -2.59. The minimum Gasteiger partial charge on any atom is -0.481 e. The van der Waals surface area contributed by atoms with Gasteiger partial charge in [-0.3, -0.25) is 18.8 Å². The van der Waals surface area contributed by atoms with Crippen LogP contribution < -0.4 is 31.9 Å². The number of amides is 2. The number of aromatic nitrogens is 5. The first-order chi connectivity index (χ1) is 25.9. The Bertz CT molecular complexity index is 2490. The molecular weight excluding hydrogens is 720 g/mol. The van der Waals surface area contributed by atoms with E-state index in [1.165, 1.54) is 14.1 Å². The molecule has 0 radical (unpaired) electrons. The third kappa shape index (κ3) is 5.86. The fourth-order valence-electron chi connectivity index (χ4n) is 8.27. The van der Waals surface area contributed by atoms with Crippen LogP contribution in [-0.4, -0.2) is 67.3 Å². The molecule has 5 aromatic rings. The number of hydrogen-bond donors (Lipinski definition) is 3. The second-order valence-corrected chi connectivity index (χ2v) is 14.6. The maximum atomic E-state index is 13.9. The summed E-state index contributed by atoms with van der Waals surface area (Å²) in [4.78, 5) is 53.3. The van der Waals surface area contributed by atoms with E-state index in [2.05, 4.69) is 36.9 Å². The molecule has 13 nitrogen and oxygen atoms in total. The minimum atomic E-state index is -3.05. The van der Waals surface area contributed by atoms with Gasteiger partial charge in [-0.15, -0.1) is 0 Å². The van der Waals surface area contributed by atoms with Crippen molar-refractivity contribution in [2.45, 2.75) is 50.6 Å². The van der Waals surface area contributed by atoms with E-state index in [9.17, 15) is 23.2 Å². The first-order valence-electron chi connectivity index (χ1n) is 17.7. The molecule has 5 heterocycles. The van der Waals surface area contributed by atoms with Crippen molar-refractivity contribution in [2.75, 3.05) is 32.1 Å². The van der Waals surface area contributed by atoms with Crippen molar-refractivity contribution in [1.29, 1.82) is 0 Å². The molecule has 2 atom stereocenters. The number of rotatable bonds is 7. The molecule has 2 amide bonds. The monoisotopic (exact) mass is 757 g/mol. The smallest absolute Gasteiger partial charge is 0.332 e. The van der Waals surface area contributed by atoms with E-state index in [0.717, 1.165) is 64.6 Å². The number of likely N-dealkylation sites (tertiary alicyclic amines) is 1. The van der Waals surface area contributed by atoms with Gasteiger partial charge in [0.2, 0.25) is 5.88 Å². The molecule has 2 saturated heterocycles. The van der Waals surface area contributed by atoms with Crippen molar-refractivity contribution in [2.24, 2.45) is 14.1 Å². The Kier molecular flexibility index (Phi) is 8.88. The Labute approximate surface area is 313 Å². The molecule has 16 heteroatoms. The van der Waals surface area contributed by atoms with E-state index < -0.39 is 23.5 Å². The number of carbonyl (C=O) groups is 1. The van der Waals surface area contributed by atoms with Crippen molar-refractivity contribution in [3.05, 3.63) is 90.8 Å². The van der Waals surface area contributed by atoms with Crippen LogP contribution in [0, 0.1) is 6.92 Å². The number of halogens is 3. The Morgan fingerprint density at radius 2 is 1.78 bits per heavy atom. The number of nitrogens with one attached hydrogen (secondary N) is 3. The van der Waals surface area contributed by atoms with Crippen LogP contribution in [0.1, 0.15) is 54.2 Å². The van der Waals surface area contributed by atoms with E-state index in [-0.39, 0.29) is 34.5 Å². The van der Waals surface area contributed by atoms with Crippen LogP contribution in [0.5, 0.6) is 5.88 Å². The van der Waals surface area contributed by atoms with Gasteiger partial charge in [0.05, 0.1) is 23.4 Å². The van der Waals surface area contributed by atoms with Gasteiger partial charge in [0, 0.05) is 62.1 Å². The number of alkyl halides is 2. The molecule has 3 aromatic heterocycles. The van der Waals surface area contributed by atoms with Gasteiger partial charge < -0.3 is 20.7 Å². The summed E-state index contributed by atoms with van der Waals surface area (Å²) >= 11 is 7.21. The molecule has 1 spiro atoms. The number of carbonyl (C=O) groups excluding carboxylic acids is 1. The second kappa shape index (κ2) is 13.5. The number of anilines is 2. The highest BCUT2D eigenvalue weighted by atomic mass is 35.5. The van der Waals surface area contributed by atoms with Gasteiger partial charge in [-0.05, 0) is 61.4 Å². The summed E-state index contributed by atoms with van der Waals surface area (Å²) in [5.74, 6) is -0.419. The zero-order chi connectivity index (χ0) is 38.1. The van der Waals surface area contributed by atoms with E-state index in [4.69, 9.17) is 21.3 Å². The Hall–Kier alpha value is -5.41. The molecule has 0 saturated carbocycles. The fourth-order valence-corrected chi connectivity index (χ4v) is 8.60. The highest BCUT2D eigenvalue weighted by molar-refractivity contribution is 6.36. The molecular formula is C38H38ClF2N9O4. The zero-order valence-electron chi connectivity index (χ0n) is 30.1. The number of pyridine rings is 1. The highest BCUT2D eigenvalue weighted by Gasteiger charge is 2.45. The first-order valence-corrected chi connectivity index (χ1v) is 18.1. The predicted octanol–water partition coefficient (Wildman–Crippen LogP) is 5.54. The lowest BCUT2D eigenvalue weighted by atomic mass is 9.93. The van der Waals surface area contributed by atoms with Gasteiger partial charge in [-0.25, -0.2) is 33.3 Å². The number of methoxy groups -OCH3 is 1. The molecule has 54 heavy (non-hydrogen) atoms. The lowest BCUT2D eigenvalue weighted by Gasteiger charge is -2.36. The predicted molar refractivity (Wildman–Crippen MR) is 201 cm³/mol. The topological polar surface area (TPSA) is 148 Å². The summed E-state index contributed by atoms with van der Waals surface area (Å²) in [6.07, 6.45) is 0.487. The number of aryl methyl sites for hydroxylation is 2. The quantitative estimate of drug-likeness (QED) is 0.195. The van der Waals surface area contributed by atoms with E-state index in [1.807, 2.05) is 31.2 Å². The van der Waals surface area contributed by atoms with Crippen LogP contribution in [0.25, 0.3) is 33.4 Å². The molecule has 3 N–H and O–H groups in total. The molecule has 2 aliphatic heterocycles. The van der Waals surface area contributed by atoms with Crippen molar-refractivity contribution in [1.82, 2.24) is 39.6 Å². The highest BCUT2D eigenvalue weighted by Crippen LogP contribution is 2.46. The molecule has 2 fully saturated rings. The van der Waals surface area contributed by atoms with Gasteiger partial charge in [0.25, 0.3) is 12.0 Å². The van der Waals surface area contributed by atoms with Crippen LogP contribution in [0.4, 0.5) is 25.1 Å². The van der Waals surface area contributed by atoms with E-state index in [0.29, 0.717) is 45.5 Å². The first kappa shape index (κ1) is 35.6. The average molecular weight is 758 g/mol. The molecule has 280 valence electrons. The van der Waals surface area contributed by atoms with Gasteiger partial charge in [-0.2, -0.15) is 0 Å². The summed E-state index contributed by atoms with van der Waals surface area (Å²) < 4.78 is 35.7. The molecule has 0 bridgehead atoms. The van der Waals surface area contributed by atoms with Crippen molar-refractivity contribution >= 4 is 40.2 Å². The summed E-state index contributed by atoms with van der Waals surface area (Å²) in [7, 11) is 4.29. The van der Waals surface area contributed by atoms with Gasteiger partial charge in [-0.1, -0.05) is 41.9 Å². The number of benzene rings is 2. The number of nitrogens with zero attached hydrogens (tertiary/aromatic N) is 6. The lowest BCUT2D eigenvalue weighted by molar-refractivity contribution is 0.141. The summed E-state index contributed by atoms with van der Waals surface area (Å²) in [6, 6.07) is 13.2. The number of urea groups is 1. The maximum absolute atomic E-state index is 13.9. The third-order valence-electron chi connectivity index (χ3n) is 11.1. The number of fused-ring (bicyclic) bond motifs is 2. The Morgan fingerprint density at radius 3 is 2.54 bits per heavy atom. The van der Waals surface area contributed by atoms with E-state index in [1.54, 1.807) is 19.2 Å². The SMILES string of the molecule is COc1nc(-c2cccc(-c3cccc(Nc4nc(C(F)F)nc5c4c(=O)n(C)c(=O)n5C)c3C)c2Cl)cc2c1C(N1CCC3(CCNC(=O)N3)C1)CC2. The Morgan fingerprint density at radius 1 is 1.02 bits per heavy atom. The largest absolute Gasteiger partial charge is 0.481 e. The average Bonchev–Trinajstić information content (AvgIpc) is 3.77. The van der Waals surface area contributed by atoms with E-state index >= 15 is 0 Å². The fraction of sp³-hybridized carbons (Fsp3) is 0.368. The molecule has 2 unspecified atom stereocenters. The number of ether oxygens (including phenoxy) is 1. The summed E-state index contributed by atoms with van der Waals surface area (Å²) in [5, 5.41) is 9.48. The minimum absolute atomic E-state index is 0.102. The van der Waals surface area contributed by atoms with Crippen molar-refractivity contribution in [3.8, 4) is 28.3 Å². The van der Waals surface area contributed by atoms with Crippen LogP contribution in [0.3, 0.4) is 0 Å². The van der Waals surface area contributed by atoms with Gasteiger partial charge >= 0.3 is 11.7 Å². The van der Waals surface area contributed by atoms with Crippen molar-refractivity contribution in [3.63, 3.8) is 0 Å². The van der Waals surface area contributed by atoms with Crippen LogP contribution in [-0.2, 0) is 20.5 Å². The normalized spacial score (nSPS) is 19.7. The second-order valence-electron chi connectivity index (χ2n) is 14.2. The summed E-state index contributed by atoms with van der Waals surface area (Å²) in [6.45, 7) is 4.16. The summed E-state index contributed by atoms with van der Waals surface area (Å²) in [5.41, 5.74) is 4.40. The third-order valence-corrected chi connectivity index (χ3v) is 11.5. The number of hydrogen-bond acceptors (Lipinski definition) is 9.